The molecule has 0 N–H and O–H groups in total. The molecule has 1 saturated heterocycles. The van der Waals surface area contributed by atoms with Crippen LogP contribution in [0, 0.1) is 0 Å². The fourth-order valence-electron chi connectivity index (χ4n) is 4.19. The molecular formula is C20H21BrN4O. The van der Waals surface area contributed by atoms with Crippen molar-refractivity contribution in [2.45, 2.75) is 31.7 Å². The summed E-state index contributed by atoms with van der Waals surface area (Å²) in [6.07, 6.45) is 5.32. The molecule has 0 atom stereocenters. The van der Waals surface area contributed by atoms with Crippen LogP contribution in [0.2, 0.25) is 0 Å². The number of nitrogens with zero attached hydrogens (tertiary/aromatic N) is 4. The molecule has 0 radical (unpaired) electrons. The van der Waals surface area contributed by atoms with E-state index in [2.05, 4.69) is 53.8 Å². The summed E-state index contributed by atoms with van der Waals surface area (Å²) in [6, 6.07) is 10.5. The Morgan fingerprint density at radius 1 is 1.15 bits per heavy atom. The van der Waals surface area contributed by atoms with Gasteiger partial charge in [0.1, 0.15) is 11.6 Å². The quantitative estimate of drug-likeness (QED) is 0.655. The lowest BCUT2D eigenvalue weighted by molar-refractivity contribution is 0.199. The van der Waals surface area contributed by atoms with Gasteiger partial charge in [0.2, 0.25) is 0 Å². The first-order chi connectivity index (χ1) is 12.8. The first kappa shape index (κ1) is 16.3. The lowest BCUT2D eigenvalue weighted by atomic mass is 9.95. The van der Waals surface area contributed by atoms with Crippen LogP contribution >= 0.6 is 15.9 Å². The molecule has 0 amide bonds. The highest BCUT2D eigenvalue weighted by Crippen LogP contribution is 2.35. The fourth-order valence-corrected chi connectivity index (χ4v) is 4.74. The SMILES string of the molecule is Brc1cc2c(c(CN3CCC(c4nnc5ccccn45)CC3)c1)OCC2. The average Bonchev–Trinajstić information content (AvgIpc) is 3.29. The van der Waals surface area contributed by atoms with E-state index >= 15 is 0 Å². The van der Waals surface area contributed by atoms with Crippen molar-refractivity contribution in [2.24, 2.45) is 0 Å². The summed E-state index contributed by atoms with van der Waals surface area (Å²) in [5, 5.41) is 8.76. The van der Waals surface area contributed by atoms with Crippen LogP contribution in [0.4, 0.5) is 0 Å². The van der Waals surface area contributed by atoms with E-state index in [1.54, 1.807) is 0 Å². The third-order valence-electron chi connectivity index (χ3n) is 5.51. The maximum atomic E-state index is 5.89. The molecule has 2 aliphatic heterocycles. The molecule has 0 spiro atoms. The minimum atomic E-state index is 0.480. The number of likely N-dealkylation sites (tertiary alicyclic amines) is 1. The summed E-state index contributed by atoms with van der Waals surface area (Å²) >= 11 is 3.65. The highest BCUT2D eigenvalue weighted by atomic mass is 79.9. The van der Waals surface area contributed by atoms with Crippen LogP contribution in [0.3, 0.4) is 0 Å². The molecule has 5 nitrogen and oxygen atoms in total. The Morgan fingerprint density at radius 3 is 2.92 bits per heavy atom. The number of pyridine rings is 1. The minimum Gasteiger partial charge on any atom is -0.493 e. The number of ether oxygens (including phenoxy) is 1. The third kappa shape index (κ3) is 2.91. The lowest BCUT2D eigenvalue weighted by Gasteiger charge is -2.31. The molecule has 2 aromatic heterocycles. The normalized spacial score (nSPS) is 18.2. The van der Waals surface area contributed by atoms with Gasteiger partial charge in [-0.2, -0.15) is 0 Å². The zero-order valence-corrected chi connectivity index (χ0v) is 16.2. The molecule has 134 valence electrons. The van der Waals surface area contributed by atoms with Crippen molar-refractivity contribution in [3.63, 3.8) is 0 Å². The number of halogens is 1. The Labute approximate surface area is 161 Å². The zero-order valence-electron chi connectivity index (χ0n) is 14.6. The molecular weight excluding hydrogens is 392 g/mol. The summed E-state index contributed by atoms with van der Waals surface area (Å²) in [5.74, 6) is 2.69. The number of piperidine rings is 1. The van der Waals surface area contributed by atoms with Crippen molar-refractivity contribution < 1.29 is 4.74 Å². The lowest BCUT2D eigenvalue weighted by Crippen LogP contribution is -2.33. The number of hydrogen-bond acceptors (Lipinski definition) is 4. The van der Waals surface area contributed by atoms with Crippen molar-refractivity contribution in [3.05, 3.63) is 58.0 Å². The van der Waals surface area contributed by atoms with Gasteiger partial charge < -0.3 is 4.74 Å². The van der Waals surface area contributed by atoms with Crippen LogP contribution in [0.5, 0.6) is 5.75 Å². The molecule has 1 aromatic carbocycles. The first-order valence-electron chi connectivity index (χ1n) is 9.24. The van der Waals surface area contributed by atoms with Crippen LogP contribution in [-0.2, 0) is 13.0 Å². The number of rotatable bonds is 3. The van der Waals surface area contributed by atoms with E-state index in [9.17, 15) is 0 Å². The van der Waals surface area contributed by atoms with Gasteiger partial charge in [-0.25, -0.2) is 0 Å². The highest BCUT2D eigenvalue weighted by Gasteiger charge is 2.26. The van der Waals surface area contributed by atoms with Gasteiger partial charge in [0.15, 0.2) is 5.65 Å². The summed E-state index contributed by atoms with van der Waals surface area (Å²) in [6.45, 7) is 3.91. The number of aromatic nitrogens is 3. The Kier molecular flexibility index (Phi) is 4.17. The van der Waals surface area contributed by atoms with Crippen LogP contribution in [-0.4, -0.2) is 39.2 Å². The first-order valence-corrected chi connectivity index (χ1v) is 10.0. The predicted octanol–water partition coefficient (Wildman–Crippen LogP) is 3.81. The molecule has 26 heavy (non-hydrogen) atoms. The smallest absolute Gasteiger partial charge is 0.160 e. The second-order valence-electron chi connectivity index (χ2n) is 7.19. The number of hydrogen-bond donors (Lipinski definition) is 0. The molecule has 1 fully saturated rings. The Morgan fingerprint density at radius 2 is 2.04 bits per heavy atom. The summed E-state index contributed by atoms with van der Waals surface area (Å²) < 4.78 is 9.17. The van der Waals surface area contributed by atoms with Gasteiger partial charge in [-0.15, -0.1) is 10.2 Å². The third-order valence-corrected chi connectivity index (χ3v) is 5.97. The summed E-state index contributed by atoms with van der Waals surface area (Å²) in [4.78, 5) is 2.53. The van der Waals surface area contributed by atoms with E-state index in [4.69, 9.17) is 4.74 Å². The highest BCUT2D eigenvalue weighted by molar-refractivity contribution is 9.10. The number of benzene rings is 1. The molecule has 0 unspecified atom stereocenters. The standard InChI is InChI=1S/C20H21BrN4O/c21-17-11-15-6-10-26-19(15)16(12-17)13-24-8-4-14(5-9-24)20-23-22-18-3-1-2-7-25(18)20/h1-3,7,11-12,14H,4-6,8-10,13H2. The van der Waals surface area contributed by atoms with E-state index in [0.717, 1.165) is 67.2 Å². The van der Waals surface area contributed by atoms with Crippen LogP contribution in [0.1, 0.15) is 35.7 Å². The molecule has 3 aromatic rings. The van der Waals surface area contributed by atoms with Crippen LogP contribution < -0.4 is 4.74 Å². The van der Waals surface area contributed by atoms with E-state index in [1.807, 2.05) is 18.2 Å². The molecule has 0 bridgehead atoms. The largest absolute Gasteiger partial charge is 0.493 e. The number of fused-ring (bicyclic) bond motifs is 2. The molecule has 5 rings (SSSR count). The van der Waals surface area contributed by atoms with Gasteiger partial charge in [0, 0.05) is 35.1 Å². The molecule has 0 saturated carbocycles. The maximum absolute atomic E-state index is 5.89. The van der Waals surface area contributed by atoms with E-state index < -0.39 is 0 Å². The van der Waals surface area contributed by atoms with Crippen molar-refractivity contribution >= 4 is 21.6 Å². The van der Waals surface area contributed by atoms with Crippen LogP contribution in [0.25, 0.3) is 5.65 Å². The maximum Gasteiger partial charge on any atom is 0.160 e. The van der Waals surface area contributed by atoms with Gasteiger partial charge in [0.05, 0.1) is 6.61 Å². The van der Waals surface area contributed by atoms with Crippen LogP contribution in [0.15, 0.2) is 41.0 Å². The van der Waals surface area contributed by atoms with Crippen molar-refractivity contribution in [3.8, 4) is 5.75 Å². The zero-order chi connectivity index (χ0) is 17.5. The molecule has 0 aliphatic carbocycles. The summed E-state index contributed by atoms with van der Waals surface area (Å²) in [7, 11) is 0. The second-order valence-corrected chi connectivity index (χ2v) is 8.10. The van der Waals surface area contributed by atoms with Crippen molar-refractivity contribution in [1.29, 1.82) is 0 Å². The van der Waals surface area contributed by atoms with Crippen molar-refractivity contribution in [1.82, 2.24) is 19.5 Å². The van der Waals surface area contributed by atoms with Gasteiger partial charge in [-0.1, -0.05) is 22.0 Å². The monoisotopic (exact) mass is 412 g/mol. The topological polar surface area (TPSA) is 42.7 Å². The fraction of sp³-hybridized carbons (Fsp3) is 0.400. The van der Waals surface area contributed by atoms with E-state index in [0.29, 0.717) is 5.92 Å². The molecule has 4 heterocycles. The van der Waals surface area contributed by atoms with Gasteiger partial charge in [-0.3, -0.25) is 9.30 Å². The second kappa shape index (κ2) is 6.67. The molecule has 6 heteroatoms. The minimum absolute atomic E-state index is 0.480. The molecule has 2 aliphatic rings. The Bertz CT molecular complexity index is 946. The van der Waals surface area contributed by atoms with Crippen molar-refractivity contribution in [2.75, 3.05) is 19.7 Å². The Balaban J connectivity index is 1.29. The van der Waals surface area contributed by atoms with Gasteiger partial charge >= 0.3 is 0 Å². The van der Waals surface area contributed by atoms with E-state index in [-0.39, 0.29) is 0 Å². The Hall–Kier alpha value is -1.92. The summed E-state index contributed by atoms with van der Waals surface area (Å²) in [5.41, 5.74) is 3.57. The van der Waals surface area contributed by atoms with E-state index in [1.165, 1.54) is 11.1 Å². The van der Waals surface area contributed by atoms with Gasteiger partial charge in [-0.05, 0) is 55.8 Å². The van der Waals surface area contributed by atoms with Gasteiger partial charge in [0.25, 0.3) is 0 Å². The predicted molar refractivity (Wildman–Crippen MR) is 104 cm³/mol. The average molecular weight is 413 g/mol.